The molecule has 0 atom stereocenters. The zero-order valence-electron chi connectivity index (χ0n) is 9.72. The highest BCUT2D eigenvalue weighted by molar-refractivity contribution is 6.31. The molecular formula is C14H9ClN2O2. The fraction of sp³-hybridized carbons (Fsp3) is 0. The molecule has 1 amide bonds. The van der Waals surface area contributed by atoms with Gasteiger partial charge in [0.25, 0.3) is 5.91 Å². The molecule has 5 heteroatoms. The Labute approximate surface area is 114 Å². The first-order valence-corrected chi connectivity index (χ1v) is 5.78. The predicted molar refractivity (Wildman–Crippen MR) is 72.2 cm³/mol. The summed E-state index contributed by atoms with van der Waals surface area (Å²) in [6, 6.07) is 12.5. The molecule has 0 aliphatic carbocycles. The van der Waals surface area contributed by atoms with Gasteiger partial charge < -0.3 is 10.4 Å². The number of rotatable bonds is 2. The molecule has 2 N–H and O–H groups in total. The summed E-state index contributed by atoms with van der Waals surface area (Å²) in [6.07, 6.45) is 0. The number of hydrogen-bond donors (Lipinski definition) is 2. The topological polar surface area (TPSA) is 73.1 Å². The molecule has 2 aromatic carbocycles. The summed E-state index contributed by atoms with van der Waals surface area (Å²) in [5.41, 5.74) is 1.10. The van der Waals surface area contributed by atoms with Crippen LogP contribution in [-0.2, 0) is 0 Å². The minimum atomic E-state index is -0.387. The summed E-state index contributed by atoms with van der Waals surface area (Å²) < 4.78 is 0. The van der Waals surface area contributed by atoms with Gasteiger partial charge in [0.2, 0.25) is 0 Å². The van der Waals surface area contributed by atoms with Gasteiger partial charge in [0, 0.05) is 10.6 Å². The molecular weight excluding hydrogens is 264 g/mol. The van der Waals surface area contributed by atoms with Gasteiger partial charge in [-0.15, -0.1) is 0 Å². The Hall–Kier alpha value is -2.51. The van der Waals surface area contributed by atoms with Crippen molar-refractivity contribution in [2.75, 3.05) is 5.32 Å². The molecule has 19 heavy (non-hydrogen) atoms. The van der Waals surface area contributed by atoms with Crippen LogP contribution in [0.4, 0.5) is 5.69 Å². The van der Waals surface area contributed by atoms with Crippen molar-refractivity contribution in [1.82, 2.24) is 0 Å². The number of nitriles is 1. The number of carbonyl (C=O) groups excluding carboxylic acids is 1. The normalized spacial score (nSPS) is 9.68. The van der Waals surface area contributed by atoms with Crippen molar-refractivity contribution in [2.45, 2.75) is 0 Å². The molecule has 0 fully saturated rings. The van der Waals surface area contributed by atoms with E-state index in [4.69, 9.17) is 16.9 Å². The van der Waals surface area contributed by atoms with Crippen molar-refractivity contribution in [3.05, 3.63) is 58.6 Å². The molecule has 0 heterocycles. The Kier molecular flexibility index (Phi) is 3.69. The van der Waals surface area contributed by atoms with E-state index in [2.05, 4.69) is 5.32 Å². The van der Waals surface area contributed by atoms with Gasteiger partial charge in [-0.1, -0.05) is 11.6 Å². The Morgan fingerprint density at radius 3 is 2.53 bits per heavy atom. The van der Waals surface area contributed by atoms with Gasteiger partial charge in [-0.25, -0.2) is 0 Å². The quantitative estimate of drug-likeness (QED) is 0.825. The van der Waals surface area contributed by atoms with Crippen LogP contribution in [0.5, 0.6) is 5.75 Å². The fourth-order valence-electron chi connectivity index (χ4n) is 1.50. The zero-order chi connectivity index (χ0) is 13.8. The van der Waals surface area contributed by atoms with Gasteiger partial charge in [-0.3, -0.25) is 4.79 Å². The third kappa shape index (κ3) is 3.03. The van der Waals surface area contributed by atoms with Crippen molar-refractivity contribution in [3.63, 3.8) is 0 Å². The number of benzene rings is 2. The van der Waals surface area contributed by atoms with Gasteiger partial charge in [0.1, 0.15) is 5.75 Å². The molecule has 0 saturated carbocycles. The lowest BCUT2D eigenvalue weighted by Crippen LogP contribution is -2.11. The number of nitrogens with zero attached hydrogens (tertiary/aromatic N) is 1. The second kappa shape index (κ2) is 5.42. The molecule has 0 radical (unpaired) electrons. The number of carbonyl (C=O) groups is 1. The molecule has 0 aliphatic rings. The van der Waals surface area contributed by atoms with Crippen LogP contribution in [0.3, 0.4) is 0 Å². The molecule has 0 unspecified atom stereocenters. The number of nitrogens with one attached hydrogen (secondary N) is 1. The lowest BCUT2D eigenvalue weighted by Gasteiger charge is -2.07. The van der Waals surface area contributed by atoms with E-state index >= 15 is 0 Å². The lowest BCUT2D eigenvalue weighted by molar-refractivity contribution is 0.102. The monoisotopic (exact) mass is 272 g/mol. The van der Waals surface area contributed by atoms with E-state index in [1.165, 1.54) is 30.3 Å². The van der Waals surface area contributed by atoms with Gasteiger partial charge in [-0.05, 0) is 42.5 Å². The average molecular weight is 273 g/mol. The van der Waals surface area contributed by atoms with E-state index in [1.807, 2.05) is 6.07 Å². The molecule has 0 saturated heterocycles. The summed E-state index contributed by atoms with van der Waals surface area (Å²) in [6.45, 7) is 0. The Morgan fingerprint density at radius 1 is 1.21 bits per heavy atom. The Bertz CT molecular complexity index is 660. The lowest BCUT2D eigenvalue weighted by atomic mass is 10.1. The second-order valence-corrected chi connectivity index (χ2v) is 4.24. The first-order chi connectivity index (χ1) is 9.10. The maximum absolute atomic E-state index is 11.9. The summed E-state index contributed by atoms with van der Waals surface area (Å²) in [5.74, 6) is -0.451. The summed E-state index contributed by atoms with van der Waals surface area (Å²) in [4.78, 5) is 11.9. The van der Waals surface area contributed by atoms with Gasteiger partial charge >= 0.3 is 0 Å². The number of phenols is 1. The molecule has 0 bridgehead atoms. The summed E-state index contributed by atoms with van der Waals surface area (Å²) >= 11 is 5.79. The molecule has 94 valence electrons. The third-order valence-electron chi connectivity index (χ3n) is 2.48. The van der Waals surface area contributed by atoms with Crippen LogP contribution in [0.25, 0.3) is 0 Å². The predicted octanol–water partition coefficient (Wildman–Crippen LogP) is 3.17. The van der Waals surface area contributed by atoms with E-state index in [1.54, 1.807) is 12.1 Å². The average Bonchev–Trinajstić information content (AvgIpc) is 2.43. The number of hydrogen-bond acceptors (Lipinski definition) is 3. The highest BCUT2D eigenvalue weighted by Crippen LogP contribution is 2.26. The van der Waals surface area contributed by atoms with Crippen LogP contribution in [0.15, 0.2) is 42.5 Å². The van der Waals surface area contributed by atoms with Gasteiger partial charge in [0.15, 0.2) is 0 Å². The highest BCUT2D eigenvalue weighted by atomic mass is 35.5. The van der Waals surface area contributed by atoms with Crippen molar-refractivity contribution < 1.29 is 9.90 Å². The van der Waals surface area contributed by atoms with Crippen molar-refractivity contribution in [3.8, 4) is 11.8 Å². The van der Waals surface area contributed by atoms with E-state index in [0.29, 0.717) is 16.1 Å². The first-order valence-electron chi connectivity index (χ1n) is 5.40. The first kappa shape index (κ1) is 12.9. The second-order valence-electron chi connectivity index (χ2n) is 3.80. The largest absolute Gasteiger partial charge is 0.506 e. The standard InChI is InChI=1S/C14H9ClN2O2/c15-11-5-6-13(18)12(7-11)17-14(19)10-3-1-9(8-16)2-4-10/h1-7,18H,(H,17,19). The minimum Gasteiger partial charge on any atom is -0.506 e. The van der Waals surface area contributed by atoms with Crippen LogP contribution in [0.1, 0.15) is 15.9 Å². The summed E-state index contributed by atoms with van der Waals surface area (Å²) in [5, 5.41) is 21.2. The van der Waals surface area contributed by atoms with Crippen LogP contribution in [0, 0.1) is 11.3 Å². The number of amides is 1. The van der Waals surface area contributed by atoms with Crippen molar-refractivity contribution >= 4 is 23.2 Å². The molecule has 2 aromatic rings. The van der Waals surface area contributed by atoms with Crippen LogP contribution in [-0.4, -0.2) is 11.0 Å². The van der Waals surface area contributed by atoms with Crippen LogP contribution in [0.2, 0.25) is 5.02 Å². The van der Waals surface area contributed by atoms with Gasteiger partial charge in [-0.2, -0.15) is 5.26 Å². The zero-order valence-corrected chi connectivity index (χ0v) is 10.5. The van der Waals surface area contributed by atoms with Crippen LogP contribution < -0.4 is 5.32 Å². The number of anilines is 1. The van der Waals surface area contributed by atoms with Crippen molar-refractivity contribution in [2.24, 2.45) is 0 Å². The minimum absolute atomic E-state index is 0.0635. The smallest absolute Gasteiger partial charge is 0.255 e. The van der Waals surface area contributed by atoms with E-state index in [0.717, 1.165) is 0 Å². The molecule has 2 rings (SSSR count). The van der Waals surface area contributed by atoms with E-state index in [-0.39, 0.29) is 17.3 Å². The molecule has 0 aromatic heterocycles. The van der Waals surface area contributed by atoms with Crippen LogP contribution >= 0.6 is 11.6 Å². The summed E-state index contributed by atoms with van der Waals surface area (Å²) in [7, 11) is 0. The third-order valence-corrected chi connectivity index (χ3v) is 2.72. The molecule has 0 spiro atoms. The fourth-order valence-corrected chi connectivity index (χ4v) is 1.67. The number of phenolic OH excluding ortho intramolecular Hbond substituents is 1. The SMILES string of the molecule is N#Cc1ccc(C(=O)Nc2cc(Cl)ccc2O)cc1. The molecule has 0 aliphatic heterocycles. The maximum atomic E-state index is 11.9. The maximum Gasteiger partial charge on any atom is 0.255 e. The van der Waals surface area contributed by atoms with Crippen molar-refractivity contribution in [1.29, 1.82) is 5.26 Å². The van der Waals surface area contributed by atoms with Gasteiger partial charge in [0.05, 0.1) is 17.3 Å². The Morgan fingerprint density at radius 2 is 1.89 bits per heavy atom. The Balaban J connectivity index is 2.21. The number of aromatic hydroxyl groups is 1. The highest BCUT2D eigenvalue weighted by Gasteiger charge is 2.09. The molecule has 4 nitrogen and oxygen atoms in total. The number of halogens is 1. The van der Waals surface area contributed by atoms with E-state index < -0.39 is 0 Å². The van der Waals surface area contributed by atoms with E-state index in [9.17, 15) is 9.90 Å².